The molecule has 0 aliphatic carbocycles. The molecule has 1 aromatic carbocycles. The van der Waals surface area contributed by atoms with E-state index >= 15 is 0 Å². The zero-order valence-corrected chi connectivity index (χ0v) is 16.5. The maximum absolute atomic E-state index is 13.4. The summed E-state index contributed by atoms with van der Waals surface area (Å²) in [5.74, 6) is 0.607. The Morgan fingerprint density at radius 3 is 2.80 bits per heavy atom. The SMILES string of the molecule is CN=C(NCc1cc(F)ccc1Br)N1CCC(OCCCOC)CC1. The third-order valence-corrected chi connectivity index (χ3v) is 5.02. The van der Waals surface area contributed by atoms with Gasteiger partial charge in [0.25, 0.3) is 0 Å². The normalized spacial score (nSPS) is 16.3. The summed E-state index contributed by atoms with van der Waals surface area (Å²) >= 11 is 3.46. The average Bonchev–Trinajstić information content (AvgIpc) is 2.63. The number of nitrogens with one attached hydrogen (secondary N) is 1. The standard InChI is InChI=1S/C18H27BrFN3O2/c1-21-18(22-13-14-12-15(20)4-5-17(14)19)23-8-6-16(7-9-23)25-11-3-10-24-2/h4-5,12,16H,3,6-11,13H2,1-2H3,(H,21,22). The number of methoxy groups -OCH3 is 1. The largest absolute Gasteiger partial charge is 0.385 e. The Hall–Kier alpha value is -1.18. The lowest BCUT2D eigenvalue weighted by molar-refractivity contribution is 0.00989. The smallest absolute Gasteiger partial charge is 0.193 e. The maximum Gasteiger partial charge on any atom is 0.193 e. The van der Waals surface area contributed by atoms with E-state index in [1.165, 1.54) is 12.1 Å². The van der Waals surface area contributed by atoms with E-state index in [-0.39, 0.29) is 5.82 Å². The molecule has 0 amide bonds. The van der Waals surface area contributed by atoms with Crippen molar-refractivity contribution in [2.24, 2.45) is 4.99 Å². The molecule has 0 bridgehead atoms. The first-order chi connectivity index (χ1) is 12.1. The first kappa shape index (κ1) is 20.1. The van der Waals surface area contributed by atoms with Gasteiger partial charge in [-0.2, -0.15) is 0 Å². The minimum atomic E-state index is -0.235. The Bertz CT molecular complexity index is 563. The van der Waals surface area contributed by atoms with Crippen LogP contribution in [0.15, 0.2) is 27.7 Å². The first-order valence-corrected chi connectivity index (χ1v) is 9.43. The van der Waals surface area contributed by atoms with Crippen molar-refractivity contribution in [2.75, 3.05) is 40.5 Å². The number of nitrogens with zero attached hydrogens (tertiary/aromatic N) is 2. The van der Waals surface area contributed by atoms with Crippen LogP contribution in [0.2, 0.25) is 0 Å². The van der Waals surface area contributed by atoms with Crippen LogP contribution in [-0.2, 0) is 16.0 Å². The molecule has 1 aromatic rings. The number of hydrogen-bond donors (Lipinski definition) is 1. The van der Waals surface area contributed by atoms with Crippen molar-refractivity contribution in [1.82, 2.24) is 10.2 Å². The van der Waals surface area contributed by atoms with Crippen molar-refractivity contribution in [2.45, 2.75) is 31.9 Å². The highest BCUT2D eigenvalue weighted by atomic mass is 79.9. The van der Waals surface area contributed by atoms with E-state index in [9.17, 15) is 4.39 Å². The Labute approximate surface area is 157 Å². The van der Waals surface area contributed by atoms with Crippen LogP contribution in [0.25, 0.3) is 0 Å². The number of benzene rings is 1. The van der Waals surface area contributed by atoms with Gasteiger partial charge in [-0.3, -0.25) is 4.99 Å². The molecule has 7 heteroatoms. The molecule has 0 unspecified atom stereocenters. The summed E-state index contributed by atoms with van der Waals surface area (Å²) in [6.45, 7) is 3.82. The Balaban J connectivity index is 1.77. The molecule has 0 atom stereocenters. The molecule has 1 heterocycles. The van der Waals surface area contributed by atoms with Gasteiger partial charge in [0.15, 0.2) is 5.96 Å². The third-order valence-electron chi connectivity index (χ3n) is 4.24. The number of piperidine rings is 1. The quantitative estimate of drug-likeness (QED) is 0.422. The van der Waals surface area contributed by atoms with Gasteiger partial charge < -0.3 is 19.7 Å². The second-order valence-electron chi connectivity index (χ2n) is 6.04. The topological polar surface area (TPSA) is 46.1 Å². The number of likely N-dealkylation sites (tertiary alicyclic amines) is 1. The van der Waals surface area contributed by atoms with Gasteiger partial charge in [-0.15, -0.1) is 0 Å². The molecule has 0 radical (unpaired) electrons. The molecule has 140 valence electrons. The van der Waals surface area contributed by atoms with E-state index in [1.807, 2.05) is 0 Å². The number of guanidine groups is 1. The van der Waals surface area contributed by atoms with Gasteiger partial charge in [0.1, 0.15) is 5.82 Å². The Morgan fingerprint density at radius 2 is 2.12 bits per heavy atom. The average molecular weight is 416 g/mol. The van der Waals surface area contributed by atoms with Crippen molar-refractivity contribution in [3.05, 3.63) is 34.1 Å². The molecule has 0 spiro atoms. The number of aliphatic imine (C=N–C) groups is 1. The molecular formula is C18H27BrFN3O2. The highest BCUT2D eigenvalue weighted by Crippen LogP contribution is 2.18. The van der Waals surface area contributed by atoms with E-state index in [0.29, 0.717) is 12.6 Å². The lowest BCUT2D eigenvalue weighted by Crippen LogP contribution is -2.46. The molecule has 2 rings (SSSR count). The minimum absolute atomic E-state index is 0.235. The highest BCUT2D eigenvalue weighted by Gasteiger charge is 2.21. The Morgan fingerprint density at radius 1 is 1.36 bits per heavy atom. The molecule has 25 heavy (non-hydrogen) atoms. The van der Waals surface area contributed by atoms with Crippen LogP contribution >= 0.6 is 15.9 Å². The van der Waals surface area contributed by atoms with Gasteiger partial charge in [-0.05, 0) is 43.0 Å². The van der Waals surface area contributed by atoms with Gasteiger partial charge in [0.2, 0.25) is 0 Å². The van der Waals surface area contributed by atoms with Gasteiger partial charge in [-0.1, -0.05) is 15.9 Å². The molecule has 1 N–H and O–H groups in total. The van der Waals surface area contributed by atoms with Gasteiger partial charge in [0, 0.05) is 51.5 Å². The van der Waals surface area contributed by atoms with Crippen LogP contribution in [0.3, 0.4) is 0 Å². The van der Waals surface area contributed by atoms with Gasteiger partial charge in [0.05, 0.1) is 6.10 Å². The first-order valence-electron chi connectivity index (χ1n) is 8.64. The highest BCUT2D eigenvalue weighted by molar-refractivity contribution is 9.10. The number of hydrogen-bond acceptors (Lipinski definition) is 3. The third kappa shape index (κ3) is 6.56. The van der Waals surface area contributed by atoms with E-state index in [0.717, 1.165) is 61.6 Å². The van der Waals surface area contributed by atoms with E-state index in [1.54, 1.807) is 20.2 Å². The minimum Gasteiger partial charge on any atom is -0.385 e. The fourth-order valence-electron chi connectivity index (χ4n) is 2.87. The predicted octanol–water partition coefficient (Wildman–Crippen LogP) is 3.18. The monoisotopic (exact) mass is 415 g/mol. The summed E-state index contributed by atoms with van der Waals surface area (Å²) in [6, 6.07) is 4.70. The molecule has 5 nitrogen and oxygen atoms in total. The van der Waals surface area contributed by atoms with Crippen molar-refractivity contribution in [1.29, 1.82) is 0 Å². The van der Waals surface area contributed by atoms with Crippen LogP contribution in [0, 0.1) is 5.82 Å². The van der Waals surface area contributed by atoms with Crippen molar-refractivity contribution < 1.29 is 13.9 Å². The predicted molar refractivity (Wildman–Crippen MR) is 101 cm³/mol. The molecular weight excluding hydrogens is 389 g/mol. The summed E-state index contributed by atoms with van der Waals surface area (Å²) < 4.78 is 25.2. The lowest BCUT2D eigenvalue weighted by Gasteiger charge is -2.34. The van der Waals surface area contributed by atoms with E-state index in [2.05, 4.69) is 31.1 Å². The molecule has 0 aromatic heterocycles. The zero-order valence-electron chi connectivity index (χ0n) is 14.9. The maximum atomic E-state index is 13.4. The Kier molecular flexibility index (Phi) is 8.64. The zero-order chi connectivity index (χ0) is 18.1. The van der Waals surface area contributed by atoms with E-state index in [4.69, 9.17) is 9.47 Å². The van der Waals surface area contributed by atoms with E-state index < -0.39 is 0 Å². The summed E-state index contributed by atoms with van der Waals surface area (Å²) in [5, 5.41) is 3.32. The van der Waals surface area contributed by atoms with Crippen molar-refractivity contribution >= 4 is 21.9 Å². The van der Waals surface area contributed by atoms with Crippen LogP contribution in [0.1, 0.15) is 24.8 Å². The molecule has 0 saturated carbocycles. The lowest BCUT2D eigenvalue weighted by atomic mass is 10.1. The molecule has 1 fully saturated rings. The molecule has 1 aliphatic heterocycles. The number of rotatable bonds is 7. The van der Waals surface area contributed by atoms with Crippen LogP contribution in [0.4, 0.5) is 4.39 Å². The fraction of sp³-hybridized carbons (Fsp3) is 0.611. The van der Waals surface area contributed by atoms with Crippen LogP contribution in [0.5, 0.6) is 0 Å². The number of ether oxygens (including phenoxy) is 2. The summed E-state index contributed by atoms with van der Waals surface area (Å²) in [7, 11) is 3.48. The van der Waals surface area contributed by atoms with Crippen molar-refractivity contribution in [3.63, 3.8) is 0 Å². The molecule has 1 saturated heterocycles. The summed E-state index contributed by atoms with van der Waals surface area (Å²) in [6.07, 6.45) is 3.21. The van der Waals surface area contributed by atoms with Crippen molar-refractivity contribution in [3.8, 4) is 0 Å². The molecule has 1 aliphatic rings. The number of halogens is 2. The second kappa shape index (κ2) is 10.7. The van der Waals surface area contributed by atoms with Crippen LogP contribution < -0.4 is 5.32 Å². The fourth-order valence-corrected chi connectivity index (χ4v) is 3.26. The summed E-state index contributed by atoms with van der Waals surface area (Å²) in [4.78, 5) is 6.58. The van der Waals surface area contributed by atoms with Crippen LogP contribution in [-0.4, -0.2) is 57.4 Å². The second-order valence-corrected chi connectivity index (χ2v) is 6.89. The van der Waals surface area contributed by atoms with Gasteiger partial charge >= 0.3 is 0 Å². The van der Waals surface area contributed by atoms with Gasteiger partial charge in [-0.25, -0.2) is 4.39 Å². The summed E-state index contributed by atoms with van der Waals surface area (Å²) in [5.41, 5.74) is 0.873.